The maximum atomic E-state index is 13.2. The van der Waals surface area contributed by atoms with Crippen LogP contribution in [0, 0.1) is 5.82 Å². The Morgan fingerprint density at radius 3 is 2.35 bits per heavy atom. The second-order valence-electron chi connectivity index (χ2n) is 6.11. The lowest BCUT2D eigenvalue weighted by atomic mass is 10.1. The van der Waals surface area contributed by atoms with E-state index in [-0.39, 0.29) is 22.8 Å². The van der Waals surface area contributed by atoms with Crippen LogP contribution in [0.1, 0.15) is 29.7 Å². The molecule has 0 aliphatic heterocycles. The Bertz CT molecular complexity index is 886. The predicted molar refractivity (Wildman–Crippen MR) is 100 cm³/mol. The summed E-state index contributed by atoms with van der Waals surface area (Å²) >= 11 is 5.75. The Kier molecular flexibility index (Phi) is 6.61. The summed E-state index contributed by atoms with van der Waals surface area (Å²) in [5, 5.41) is 5.47. The van der Waals surface area contributed by atoms with E-state index in [1.54, 1.807) is 37.3 Å². The van der Waals surface area contributed by atoms with Gasteiger partial charge in [0.25, 0.3) is 0 Å². The molecule has 2 N–H and O–H groups in total. The number of carbonyl (C=O) groups is 1. The van der Waals surface area contributed by atoms with Crippen LogP contribution in [0.3, 0.4) is 0 Å². The molecule has 1 atom stereocenters. The predicted octanol–water partition coefficient (Wildman–Crippen LogP) is 3.58. The minimum absolute atomic E-state index is 0.00532. The van der Waals surface area contributed by atoms with Crippen LogP contribution in [-0.4, -0.2) is 20.7 Å². The van der Waals surface area contributed by atoms with Crippen LogP contribution in [-0.2, 0) is 22.1 Å². The average Bonchev–Trinajstić information content (AvgIpc) is 2.55. The minimum Gasteiger partial charge on any atom is -0.334 e. The van der Waals surface area contributed by atoms with E-state index in [0.29, 0.717) is 17.7 Å². The summed E-state index contributed by atoms with van der Waals surface area (Å²) in [5.74, 6) is -0.523. The molecule has 2 aromatic carbocycles. The van der Waals surface area contributed by atoms with E-state index < -0.39 is 15.7 Å². The van der Waals surface area contributed by atoms with Crippen molar-refractivity contribution in [3.05, 3.63) is 70.0 Å². The van der Waals surface area contributed by atoms with Gasteiger partial charge in [-0.05, 0) is 35.7 Å². The Hall–Kier alpha value is -2.12. The second kappa shape index (κ2) is 8.51. The molecular formula is C18H20ClFN2O3S. The van der Waals surface area contributed by atoms with Gasteiger partial charge >= 0.3 is 6.03 Å². The van der Waals surface area contributed by atoms with Crippen LogP contribution in [0.25, 0.3) is 0 Å². The van der Waals surface area contributed by atoms with E-state index >= 15 is 0 Å². The first-order valence-electron chi connectivity index (χ1n) is 7.89. The molecule has 0 aromatic heterocycles. The van der Waals surface area contributed by atoms with E-state index in [1.807, 2.05) is 0 Å². The average molecular weight is 399 g/mol. The molecule has 5 nitrogen and oxygen atoms in total. The molecule has 0 bridgehead atoms. The molecule has 1 unspecified atom stereocenters. The van der Waals surface area contributed by atoms with Gasteiger partial charge in [-0.15, -0.1) is 0 Å². The molecule has 0 aliphatic carbocycles. The molecule has 0 heterocycles. The number of hydrogen-bond acceptors (Lipinski definition) is 3. The Labute approximate surface area is 157 Å². The van der Waals surface area contributed by atoms with Gasteiger partial charge in [0.1, 0.15) is 5.82 Å². The SMILES string of the molecule is CC(NC(=O)NCc1ccc(CS(C)(=O)=O)cc1)c1ccc(F)c(Cl)c1. The summed E-state index contributed by atoms with van der Waals surface area (Å²) in [5.41, 5.74) is 2.23. The number of benzene rings is 2. The van der Waals surface area contributed by atoms with Gasteiger partial charge in [0.2, 0.25) is 0 Å². The molecule has 0 radical (unpaired) electrons. The maximum absolute atomic E-state index is 13.2. The topological polar surface area (TPSA) is 75.3 Å². The van der Waals surface area contributed by atoms with E-state index in [0.717, 1.165) is 5.56 Å². The van der Waals surface area contributed by atoms with Crippen molar-refractivity contribution in [2.45, 2.75) is 25.3 Å². The highest BCUT2D eigenvalue weighted by Crippen LogP contribution is 2.20. The third kappa shape index (κ3) is 6.31. The fourth-order valence-corrected chi connectivity index (χ4v) is 3.34. The molecule has 0 fully saturated rings. The third-order valence-electron chi connectivity index (χ3n) is 3.70. The van der Waals surface area contributed by atoms with Crippen LogP contribution in [0.15, 0.2) is 42.5 Å². The van der Waals surface area contributed by atoms with Crippen molar-refractivity contribution in [3.63, 3.8) is 0 Å². The van der Waals surface area contributed by atoms with Gasteiger partial charge in [-0.3, -0.25) is 0 Å². The van der Waals surface area contributed by atoms with E-state index in [2.05, 4.69) is 10.6 Å². The van der Waals surface area contributed by atoms with Gasteiger partial charge in [0.05, 0.1) is 16.8 Å². The molecule has 26 heavy (non-hydrogen) atoms. The molecule has 0 aliphatic rings. The lowest BCUT2D eigenvalue weighted by Gasteiger charge is -2.15. The van der Waals surface area contributed by atoms with E-state index in [4.69, 9.17) is 11.6 Å². The fourth-order valence-electron chi connectivity index (χ4n) is 2.35. The lowest BCUT2D eigenvalue weighted by molar-refractivity contribution is 0.237. The van der Waals surface area contributed by atoms with Crippen LogP contribution >= 0.6 is 11.6 Å². The Balaban J connectivity index is 1.87. The number of hydrogen-bond donors (Lipinski definition) is 2. The Morgan fingerprint density at radius 2 is 1.77 bits per heavy atom. The zero-order chi connectivity index (χ0) is 19.3. The number of carbonyl (C=O) groups excluding carboxylic acids is 1. The summed E-state index contributed by atoms with van der Waals surface area (Å²) < 4.78 is 35.7. The van der Waals surface area contributed by atoms with Gasteiger partial charge in [-0.2, -0.15) is 0 Å². The fraction of sp³-hybridized carbons (Fsp3) is 0.278. The number of amides is 2. The quantitative estimate of drug-likeness (QED) is 0.780. The molecule has 2 rings (SSSR count). The molecule has 0 saturated carbocycles. The van der Waals surface area contributed by atoms with Gasteiger partial charge in [-0.25, -0.2) is 17.6 Å². The molecule has 0 saturated heterocycles. The highest BCUT2D eigenvalue weighted by Gasteiger charge is 2.11. The standard InChI is InChI=1S/C18H20ClFN2O3S/c1-12(15-7-8-17(20)16(19)9-15)22-18(23)21-10-13-3-5-14(6-4-13)11-26(2,24)25/h3-9,12H,10-11H2,1-2H3,(H2,21,22,23). The smallest absolute Gasteiger partial charge is 0.315 e. The Morgan fingerprint density at radius 1 is 1.15 bits per heavy atom. The van der Waals surface area contributed by atoms with Crippen LogP contribution in [0.5, 0.6) is 0 Å². The molecule has 140 valence electrons. The molecule has 2 amide bonds. The molecule has 8 heteroatoms. The molecule has 0 spiro atoms. The number of urea groups is 1. The van der Waals surface area contributed by atoms with E-state index in [9.17, 15) is 17.6 Å². The van der Waals surface area contributed by atoms with Crippen molar-refractivity contribution in [3.8, 4) is 0 Å². The van der Waals surface area contributed by atoms with E-state index in [1.165, 1.54) is 18.4 Å². The summed E-state index contributed by atoms with van der Waals surface area (Å²) in [6.07, 6.45) is 1.18. The molecular weight excluding hydrogens is 379 g/mol. The summed E-state index contributed by atoms with van der Waals surface area (Å²) in [6, 6.07) is 10.6. The first-order chi connectivity index (χ1) is 12.1. The lowest BCUT2D eigenvalue weighted by Crippen LogP contribution is -2.36. The van der Waals surface area contributed by atoms with Crippen molar-refractivity contribution >= 4 is 27.5 Å². The zero-order valence-corrected chi connectivity index (χ0v) is 16.0. The number of nitrogens with one attached hydrogen (secondary N) is 2. The van der Waals surface area contributed by atoms with Crippen molar-refractivity contribution in [1.82, 2.24) is 10.6 Å². The monoisotopic (exact) mass is 398 g/mol. The normalized spacial score (nSPS) is 12.5. The van der Waals surface area contributed by atoms with Crippen LogP contribution in [0.4, 0.5) is 9.18 Å². The molecule has 2 aromatic rings. The van der Waals surface area contributed by atoms with Crippen LogP contribution in [0.2, 0.25) is 5.02 Å². The number of sulfone groups is 1. The van der Waals surface area contributed by atoms with Crippen molar-refractivity contribution in [2.75, 3.05) is 6.26 Å². The van der Waals surface area contributed by atoms with Crippen LogP contribution < -0.4 is 10.6 Å². The van der Waals surface area contributed by atoms with Gasteiger partial charge in [-0.1, -0.05) is 41.9 Å². The number of halogens is 2. The zero-order valence-electron chi connectivity index (χ0n) is 14.4. The number of rotatable bonds is 6. The largest absolute Gasteiger partial charge is 0.334 e. The second-order valence-corrected chi connectivity index (χ2v) is 8.66. The first kappa shape index (κ1) is 20.2. The van der Waals surface area contributed by atoms with Crippen molar-refractivity contribution in [2.24, 2.45) is 0 Å². The summed E-state index contributed by atoms with van der Waals surface area (Å²) in [7, 11) is -3.07. The highest BCUT2D eigenvalue weighted by atomic mass is 35.5. The summed E-state index contributed by atoms with van der Waals surface area (Å²) in [6.45, 7) is 2.06. The van der Waals surface area contributed by atoms with Crippen molar-refractivity contribution in [1.29, 1.82) is 0 Å². The minimum atomic E-state index is -3.07. The maximum Gasteiger partial charge on any atom is 0.315 e. The van der Waals surface area contributed by atoms with Crippen molar-refractivity contribution < 1.29 is 17.6 Å². The highest BCUT2D eigenvalue weighted by molar-refractivity contribution is 7.89. The summed E-state index contributed by atoms with van der Waals surface area (Å²) in [4.78, 5) is 12.0. The van der Waals surface area contributed by atoms with Gasteiger partial charge in [0.15, 0.2) is 9.84 Å². The first-order valence-corrected chi connectivity index (χ1v) is 10.3. The third-order valence-corrected chi connectivity index (χ3v) is 4.84. The van der Waals surface area contributed by atoms with Gasteiger partial charge in [0, 0.05) is 12.8 Å². The van der Waals surface area contributed by atoms with Gasteiger partial charge < -0.3 is 10.6 Å².